The number of esters is 1. The van der Waals surface area contributed by atoms with Gasteiger partial charge in [0.1, 0.15) is 0 Å². The largest absolute Gasteiger partial charge is 0.466 e. The Bertz CT molecular complexity index is 1220. The molecule has 2 unspecified atom stereocenters. The maximum absolute atomic E-state index is 12.5. The molecule has 1 amide bonds. The lowest BCUT2D eigenvalue weighted by Crippen LogP contribution is -2.45. The number of amides is 1. The van der Waals surface area contributed by atoms with E-state index in [0.717, 1.165) is 51.4 Å². The quantitative estimate of drug-likeness (QED) is 0.0320. The Kier molecular flexibility index (Phi) is 66.4. The Morgan fingerprint density at radius 2 is 0.641 bits per heavy atom. The minimum atomic E-state index is -0.662. The van der Waals surface area contributed by atoms with Crippen LogP contribution < -0.4 is 5.32 Å². The Labute approximate surface area is 488 Å². The number of aliphatic hydroxyl groups excluding tert-OH is 2. The molecule has 0 saturated carbocycles. The molecule has 0 fully saturated rings. The second-order valence-corrected chi connectivity index (χ2v) is 24.6. The third kappa shape index (κ3) is 63.5. The van der Waals surface area contributed by atoms with Crippen molar-refractivity contribution in [1.29, 1.82) is 0 Å². The molecule has 0 spiro atoms. The zero-order chi connectivity index (χ0) is 56.4. The van der Waals surface area contributed by atoms with Crippen molar-refractivity contribution in [3.63, 3.8) is 0 Å². The summed E-state index contributed by atoms with van der Waals surface area (Å²) >= 11 is 0. The molecule has 0 bridgehead atoms. The fourth-order valence-electron chi connectivity index (χ4n) is 11.3. The van der Waals surface area contributed by atoms with Crippen LogP contribution >= 0.6 is 0 Å². The van der Waals surface area contributed by atoms with Crippen LogP contribution in [0.15, 0.2) is 24.3 Å². The Balaban J connectivity index is 3.33. The zero-order valence-corrected chi connectivity index (χ0v) is 52.9. The smallest absolute Gasteiger partial charge is 0.305 e. The molecule has 0 saturated heterocycles. The molecule has 6 nitrogen and oxygen atoms in total. The number of carbonyl (C=O) groups is 2. The van der Waals surface area contributed by atoms with Gasteiger partial charge in [-0.2, -0.15) is 0 Å². The van der Waals surface area contributed by atoms with E-state index in [9.17, 15) is 19.8 Å². The summed E-state index contributed by atoms with van der Waals surface area (Å²) in [5.74, 6) is -0.0168. The van der Waals surface area contributed by atoms with Gasteiger partial charge in [-0.15, -0.1) is 0 Å². The second-order valence-electron chi connectivity index (χ2n) is 24.6. The molecule has 0 radical (unpaired) electrons. The van der Waals surface area contributed by atoms with E-state index in [2.05, 4.69) is 43.5 Å². The van der Waals surface area contributed by atoms with E-state index < -0.39 is 12.1 Å². The van der Waals surface area contributed by atoms with Crippen molar-refractivity contribution in [1.82, 2.24) is 5.32 Å². The lowest BCUT2D eigenvalue weighted by Gasteiger charge is -2.22. The van der Waals surface area contributed by atoms with Crippen LogP contribution in [0.25, 0.3) is 0 Å². The Hall–Kier alpha value is -1.66. The molecule has 0 aromatic rings. The summed E-state index contributed by atoms with van der Waals surface area (Å²) in [6.07, 6.45) is 85.1. The summed E-state index contributed by atoms with van der Waals surface area (Å²) in [6.45, 7) is 4.96. The van der Waals surface area contributed by atoms with Crippen LogP contribution in [-0.2, 0) is 14.3 Å². The Morgan fingerprint density at radius 1 is 0.359 bits per heavy atom. The first-order valence-corrected chi connectivity index (χ1v) is 35.6. The number of nitrogens with one attached hydrogen (secondary N) is 1. The minimum absolute atomic E-state index is 0.0118. The molecule has 0 rings (SSSR count). The van der Waals surface area contributed by atoms with Crippen molar-refractivity contribution >= 4 is 11.9 Å². The summed E-state index contributed by atoms with van der Waals surface area (Å²) in [5.41, 5.74) is 0. The van der Waals surface area contributed by atoms with E-state index >= 15 is 0 Å². The van der Waals surface area contributed by atoms with Gasteiger partial charge in [0.25, 0.3) is 0 Å². The molecule has 0 aliphatic carbocycles. The number of rotatable bonds is 67. The zero-order valence-electron chi connectivity index (χ0n) is 52.9. The predicted octanol–water partition coefficient (Wildman–Crippen LogP) is 22.9. The lowest BCUT2D eigenvalue weighted by atomic mass is 10.0. The first kappa shape index (κ1) is 76.3. The standard InChI is InChI=1S/C72H139NO5/c1-3-5-7-9-11-13-15-17-19-33-38-42-46-50-54-58-62-66-72(77)78-67-63-59-55-51-47-43-39-35-32-30-28-26-24-22-21-23-25-27-29-31-34-37-41-45-49-53-57-61-65-71(76)73-69(68-74)70(75)64-60-56-52-48-44-40-36-20-18-16-14-12-10-8-6-4-2/h11,13,17,19,69-70,74-75H,3-10,12,14-16,18,20-68H2,1-2H3,(H,73,76)/b13-11-,19-17-. The van der Waals surface area contributed by atoms with Crippen LogP contribution in [0.2, 0.25) is 0 Å². The van der Waals surface area contributed by atoms with Crippen molar-refractivity contribution in [2.45, 2.75) is 411 Å². The van der Waals surface area contributed by atoms with Gasteiger partial charge < -0.3 is 20.3 Å². The van der Waals surface area contributed by atoms with Gasteiger partial charge >= 0.3 is 5.97 Å². The summed E-state index contributed by atoms with van der Waals surface area (Å²) < 4.78 is 5.50. The van der Waals surface area contributed by atoms with Crippen molar-refractivity contribution in [3.05, 3.63) is 24.3 Å². The number of aliphatic hydroxyl groups is 2. The second kappa shape index (κ2) is 67.8. The van der Waals surface area contributed by atoms with E-state index in [-0.39, 0.29) is 18.5 Å². The SMILES string of the molecule is CCCCC/C=C\C/C=C\CCCCCCCCCC(=O)OCCCCCCCCCCCCCCCCCCCCCCCCCCCCCCC(=O)NC(CO)C(O)CCCCCCCCCCCCCCCCCC. The predicted molar refractivity (Wildman–Crippen MR) is 343 cm³/mol. The lowest BCUT2D eigenvalue weighted by molar-refractivity contribution is -0.143. The molecule has 0 heterocycles. The number of carbonyl (C=O) groups excluding carboxylic acids is 2. The average Bonchev–Trinajstić information content (AvgIpc) is 3.44. The van der Waals surface area contributed by atoms with Gasteiger partial charge in [0.05, 0.1) is 25.4 Å². The molecule has 0 aliphatic rings. The molecule has 78 heavy (non-hydrogen) atoms. The van der Waals surface area contributed by atoms with E-state index in [0.29, 0.717) is 25.9 Å². The summed E-state index contributed by atoms with van der Waals surface area (Å²) in [6, 6.07) is -0.539. The summed E-state index contributed by atoms with van der Waals surface area (Å²) in [4.78, 5) is 24.6. The third-order valence-electron chi connectivity index (χ3n) is 16.8. The van der Waals surface area contributed by atoms with Crippen molar-refractivity contribution in [3.8, 4) is 0 Å². The van der Waals surface area contributed by atoms with Crippen LogP contribution in [0, 0.1) is 0 Å². The fraction of sp³-hybridized carbons (Fsp3) is 0.917. The van der Waals surface area contributed by atoms with Gasteiger partial charge in [-0.1, -0.05) is 353 Å². The van der Waals surface area contributed by atoms with Crippen molar-refractivity contribution < 1.29 is 24.5 Å². The number of hydrogen-bond acceptors (Lipinski definition) is 5. The van der Waals surface area contributed by atoms with Gasteiger partial charge in [-0.3, -0.25) is 9.59 Å². The highest BCUT2D eigenvalue weighted by Gasteiger charge is 2.20. The van der Waals surface area contributed by atoms with Crippen LogP contribution in [0.4, 0.5) is 0 Å². The minimum Gasteiger partial charge on any atom is -0.466 e. The molecule has 6 heteroatoms. The van der Waals surface area contributed by atoms with Crippen LogP contribution in [0.5, 0.6) is 0 Å². The summed E-state index contributed by atoms with van der Waals surface area (Å²) in [7, 11) is 0. The highest BCUT2D eigenvalue weighted by Crippen LogP contribution is 2.19. The first-order chi connectivity index (χ1) is 38.5. The normalized spacial score (nSPS) is 12.6. The van der Waals surface area contributed by atoms with E-state index in [4.69, 9.17) is 4.74 Å². The number of unbranched alkanes of at least 4 members (excludes halogenated alkanes) is 52. The van der Waals surface area contributed by atoms with Gasteiger partial charge in [0.15, 0.2) is 0 Å². The van der Waals surface area contributed by atoms with Gasteiger partial charge in [-0.25, -0.2) is 0 Å². The monoisotopic (exact) mass is 1100 g/mol. The maximum atomic E-state index is 12.5. The number of allylic oxidation sites excluding steroid dienone is 4. The molecular weight excluding hydrogens is 959 g/mol. The van der Waals surface area contributed by atoms with E-state index in [1.165, 1.54) is 315 Å². The molecular formula is C72H139NO5. The topological polar surface area (TPSA) is 95.9 Å². The van der Waals surface area contributed by atoms with Crippen LogP contribution in [0.3, 0.4) is 0 Å². The first-order valence-electron chi connectivity index (χ1n) is 35.6. The molecule has 0 aromatic heterocycles. The molecule has 0 aromatic carbocycles. The molecule has 2 atom stereocenters. The van der Waals surface area contributed by atoms with Gasteiger partial charge in [0, 0.05) is 12.8 Å². The summed E-state index contributed by atoms with van der Waals surface area (Å²) in [5, 5.41) is 23.4. The van der Waals surface area contributed by atoms with Crippen molar-refractivity contribution in [2.75, 3.05) is 13.2 Å². The van der Waals surface area contributed by atoms with Crippen molar-refractivity contribution in [2.24, 2.45) is 0 Å². The highest BCUT2D eigenvalue weighted by molar-refractivity contribution is 5.76. The third-order valence-corrected chi connectivity index (χ3v) is 16.8. The highest BCUT2D eigenvalue weighted by atomic mass is 16.5. The van der Waals surface area contributed by atoms with E-state index in [1.54, 1.807) is 0 Å². The average molecular weight is 1100 g/mol. The van der Waals surface area contributed by atoms with Gasteiger partial charge in [-0.05, 0) is 57.8 Å². The number of ether oxygens (including phenoxy) is 1. The Morgan fingerprint density at radius 3 is 1.00 bits per heavy atom. The molecule has 0 aliphatic heterocycles. The van der Waals surface area contributed by atoms with Crippen LogP contribution in [-0.4, -0.2) is 47.4 Å². The molecule has 462 valence electrons. The number of hydrogen-bond donors (Lipinski definition) is 3. The van der Waals surface area contributed by atoms with E-state index in [1.807, 2.05) is 0 Å². The maximum Gasteiger partial charge on any atom is 0.305 e. The van der Waals surface area contributed by atoms with Crippen LogP contribution in [0.1, 0.15) is 399 Å². The van der Waals surface area contributed by atoms with Gasteiger partial charge in [0.2, 0.25) is 5.91 Å². The molecule has 3 N–H and O–H groups in total. The fourth-order valence-corrected chi connectivity index (χ4v) is 11.3.